The van der Waals surface area contributed by atoms with E-state index in [-0.39, 0.29) is 0 Å². The molecule has 1 aliphatic rings. The Balaban J connectivity index is 0.000000310. The van der Waals surface area contributed by atoms with Crippen LogP contribution < -0.4 is 5.73 Å². The zero-order chi connectivity index (χ0) is 10.3. The lowest BCUT2D eigenvalue weighted by molar-refractivity contribution is -0.126. The Morgan fingerprint density at radius 1 is 1.54 bits per heavy atom. The number of rotatable bonds is 1. The van der Waals surface area contributed by atoms with E-state index in [0.717, 1.165) is 0 Å². The largest absolute Gasteiger partial charge is 0.471 e. The van der Waals surface area contributed by atoms with Crippen LogP contribution in [0.1, 0.15) is 39.5 Å². The lowest BCUT2D eigenvalue weighted by atomic mass is 9.75. The summed E-state index contributed by atoms with van der Waals surface area (Å²) >= 11 is 0. The highest BCUT2D eigenvalue weighted by Gasteiger charge is 2.25. The first kappa shape index (κ1) is 12.4. The fraction of sp³-hybridized carbons (Fsp3) is 0.900. The molecule has 0 aliphatic heterocycles. The van der Waals surface area contributed by atoms with Gasteiger partial charge in [0.2, 0.25) is 0 Å². The van der Waals surface area contributed by atoms with Crippen LogP contribution in [0.25, 0.3) is 0 Å². The second-order valence-electron chi connectivity index (χ2n) is 4.35. The molecular formula is C10H21NO2. The van der Waals surface area contributed by atoms with Crippen LogP contribution in [-0.2, 0) is 9.53 Å². The van der Waals surface area contributed by atoms with E-state index in [1.165, 1.54) is 32.8 Å². The molecule has 2 N–H and O–H groups in total. The maximum atomic E-state index is 8.95. The van der Waals surface area contributed by atoms with Crippen molar-refractivity contribution in [1.82, 2.24) is 0 Å². The van der Waals surface area contributed by atoms with Crippen LogP contribution in [0.15, 0.2) is 0 Å². The quantitative estimate of drug-likeness (QED) is 0.636. The first-order valence-electron chi connectivity index (χ1n) is 4.74. The Hall–Kier alpha value is -0.570. The van der Waals surface area contributed by atoms with Gasteiger partial charge in [0.05, 0.1) is 7.11 Å². The van der Waals surface area contributed by atoms with Crippen molar-refractivity contribution >= 4 is 6.47 Å². The zero-order valence-electron chi connectivity index (χ0n) is 8.88. The maximum Gasteiger partial charge on any atom is 0.292 e. The van der Waals surface area contributed by atoms with Gasteiger partial charge in [-0.3, -0.25) is 4.79 Å². The molecule has 0 bridgehead atoms. The smallest absolute Gasteiger partial charge is 0.292 e. The van der Waals surface area contributed by atoms with Crippen molar-refractivity contribution in [3.05, 3.63) is 0 Å². The van der Waals surface area contributed by atoms with Crippen molar-refractivity contribution in [2.45, 2.75) is 45.6 Å². The number of carbonyl (C=O) groups is 1. The molecule has 1 fully saturated rings. The molecule has 0 heterocycles. The van der Waals surface area contributed by atoms with Crippen molar-refractivity contribution in [1.29, 1.82) is 0 Å². The van der Waals surface area contributed by atoms with E-state index < -0.39 is 0 Å². The summed E-state index contributed by atoms with van der Waals surface area (Å²) in [6.45, 7) is 5.00. The number of nitrogens with two attached hydrogens (primary N) is 1. The normalized spacial score (nSPS) is 25.4. The van der Waals surface area contributed by atoms with Crippen LogP contribution in [-0.4, -0.2) is 19.6 Å². The van der Waals surface area contributed by atoms with Gasteiger partial charge in [-0.1, -0.05) is 20.3 Å². The first-order valence-corrected chi connectivity index (χ1v) is 4.74. The van der Waals surface area contributed by atoms with E-state index in [0.29, 0.717) is 17.9 Å². The summed E-state index contributed by atoms with van der Waals surface area (Å²) in [6, 6.07) is 0.480. The van der Waals surface area contributed by atoms with Gasteiger partial charge in [-0.25, -0.2) is 0 Å². The number of ether oxygens (including phenoxy) is 1. The van der Waals surface area contributed by atoms with Crippen LogP contribution in [0, 0.1) is 5.41 Å². The van der Waals surface area contributed by atoms with Crippen LogP contribution in [0.3, 0.4) is 0 Å². The van der Waals surface area contributed by atoms with Gasteiger partial charge < -0.3 is 10.5 Å². The van der Waals surface area contributed by atoms with Crippen LogP contribution in [0.4, 0.5) is 0 Å². The van der Waals surface area contributed by atoms with Gasteiger partial charge >= 0.3 is 0 Å². The Morgan fingerprint density at radius 3 is 2.31 bits per heavy atom. The third-order valence-electron chi connectivity index (χ3n) is 2.34. The predicted molar refractivity (Wildman–Crippen MR) is 53.3 cm³/mol. The SMILES string of the molecule is CC1(C)CCCC(N)C1.COC=O. The van der Waals surface area contributed by atoms with E-state index in [1.54, 1.807) is 0 Å². The predicted octanol–water partition coefficient (Wildman–Crippen LogP) is 1.70. The Morgan fingerprint density at radius 2 is 2.08 bits per heavy atom. The average molecular weight is 187 g/mol. The van der Waals surface area contributed by atoms with Crippen molar-refractivity contribution < 1.29 is 9.53 Å². The molecule has 78 valence electrons. The molecule has 1 saturated carbocycles. The second kappa shape index (κ2) is 5.97. The molecule has 1 unspecified atom stereocenters. The van der Waals surface area contributed by atoms with Crippen molar-refractivity contribution in [3.8, 4) is 0 Å². The van der Waals surface area contributed by atoms with Gasteiger partial charge in [-0.05, 0) is 24.7 Å². The summed E-state index contributed by atoms with van der Waals surface area (Å²) in [4.78, 5) is 8.95. The fourth-order valence-corrected chi connectivity index (χ4v) is 1.76. The number of carbonyl (C=O) groups excluding carboxylic acids is 1. The highest BCUT2D eigenvalue weighted by Crippen LogP contribution is 2.33. The summed E-state index contributed by atoms with van der Waals surface area (Å²) < 4.78 is 3.86. The molecule has 1 atom stereocenters. The molecule has 3 nitrogen and oxygen atoms in total. The Kier molecular flexibility index (Phi) is 5.71. The molecule has 0 aromatic heterocycles. The summed E-state index contributed by atoms with van der Waals surface area (Å²) in [5, 5.41) is 0. The molecule has 1 rings (SSSR count). The average Bonchev–Trinajstić information content (AvgIpc) is 2.02. The third kappa shape index (κ3) is 6.58. The number of hydrogen-bond acceptors (Lipinski definition) is 3. The molecule has 1 aliphatic carbocycles. The van der Waals surface area contributed by atoms with Gasteiger partial charge in [0, 0.05) is 6.04 Å². The lowest BCUT2D eigenvalue weighted by Gasteiger charge is -2.33. The Labute approximate surface area is 80.6 Å². The maximum absolute atomic E-state index is 8.95. The van der Waals surface area contributed by atoms with Crippen LogP contribution in [0.5, 0.6) is 0 Å². The van der Waals surface area contributed by atoms with E-state index in [9.17, 15) is 0 Å². The minimum atomic E-state index is 0.375. The molecule has 0 aromatic carbocycles. The van der Waals surface area contributed by atoms with Crippen molar-refractivity contribution in [2.24, 2.45) is 11.1 Å². The molecule has 13 heavy (non-hydrogen) atoms. The highest BCUT2D eigenvalue weighted by atomic mass is 16.5. The van der Waals surface area contributed by atoms with Gasteiger partial charge in [0.25, 0.3) is 6.47 Å². The minimum absolute atomic E-state index is 0.375. The lowest BCUT2D eigenvalue weighted by Crippen LogP contribution is -2.32. The Bertz CT molecular complexity index is 146. The topological polar surface area (TPSA) is 52.3 Å². The van der Waals surface area contributed by atoms with Crippen molar-refractivity contribution in [3.63, 3.8) is 0 Å². The molecule has 0 spiro atoms. The molecule has 0 radical (unpaired) electrons. The van der Waals surface area contributed by atoms with E-state index in [2.05, 4.69) is 18.6 Å². The number of hydrogen-bond donors (Lipinski definition) is 1. The second-order valence-corrected chi connectivity index (χ2v) is 4.35. The summed E-state index contributed by atoms with van der Waals surface area (Å²) in [7, 11) is 1.31. The molecule has 3 heteroatoms. The third-order valence-corrected chi connectivity index (χ3v) is 2.34. The molecular weight excluding hydrogens is 166 g/mol. The van der Waals surface area contributed by atoms with Gasteiger partial charge in [0.1, 0.15) is 0 Å². The van der Waals surface area contributed by atoms with Crippen LogP contribution >= 0.6 is 0 Å². The molecule has 0 saturated heterocycles. The van der Waals surface area contributed by atoms with Crippen molar-refractivity contribution in [2.75, 3.05) is 7.11 Å². The molecule has 0 amide bonds. The summed E-state index contributed by atoms with van der Waals surface area (Å²) in [6.07, 6.45) is 5.14. The van der Waals surface area contributed by atoms with Gasteiger partial charge in [0.15, 0.2) is 0 Å². The monoisotopic (exact) mass is 187 g/mol. The van der Waals surface area contributed by atoms with Crippen LogP contribution in [0.2, 0.25) is 0 Å². The fourth-order valence-electron chi connectivity index (χ4n) is 1.76. The highest BCUT2D eigenvalue weighted by molar-refractivity contribution is 5.36. The van der Waals surface area contributed by atoms with E-state index in [4.69, 9.17) is 10.5 Å². The summed E-state index contributed by atoms with van der Waals surface area (Å²) in [5.41, 5.74) is 6.34. The van der Waals surface area contributed by atoms with Gasteiger partial charge in [-0.15, -0.1) is 0 Å². The zero-order valence-corrected chi connectivity index (χ0v) is 8.88. The van der Waals surface area contributed by atoms with E-state index >= 15 is 0 Å². The minimum Gasteiger partial charge on any atom is -0.471 e. The standard InChI is InChI=1S/C8H17N.C2H4O2/c1-8(2)5-3-4-7(9)6-8;1-4-2-3/h7H,3-6,9H2,1-2H3;2H,1H3. The van der Waals surface area contributed by atoms with E-state index in [1.807, 2.05) is 0 Å². The first-order chi connectivity index (χ1) is 6.02. The number of methoxy groups -OCH3 is 1. The summed E-state index contributed by atoms with van der Waals surface area (Å²) in [5.74, 6) is 0. The van der Waals surface area contributed by atoms with Gasteiger partial charge in [-0.2, -0.15) is 0 Å². The molecule has 0 aromatic rings.